The summed E-state index contributed by atoms with van der Waals surface area (Å²) in [6, 6.07) is 12.5. The Balaban J connectivity index is 1.49. The van der Waals surface area contributed by atoms with Crippen molar-refractivity contribution in [1.29, 1.82) is 0 Å². The lowest BCUT2D eigenvalue weighted by Gasteiger charge is -2.25. The van der Waals surface area contributed by atoms with E-state index in [9.17, 15) is 18.0 Å². The molecule has 0 spiro atoms. The summed E-state index contributed by atoms with van der Waals surface area (Å²) >= 11 is 0. The average molecular weight is 456 g/mol. The Labute approximate surface area is 187 Å². The molecule has 0 atom stereocenters. The van der Waals surface area contributed by atoms with Crippen LogP contribution in [0.2, 0.25) is 0 Å². The molecular formula is C23H25N3O5S. The first-order valence-electron chi connectivity index (χ1n) is 10.3. The molecule has 1 aliphatic heterocycles. The lowest BCUT2D eigenvalue weighted by atomic mass is 10.2. The summed E-state index contributed by atoms with van der Waals surface area (Å²) in [7, 11) is -3.53. The van der Waals surface area contributed by atoms with E-state index in [-0.39, 0.29) is 29.5 Å². The number of nitrogens with one attached hydrogen (secondary N) is 1. The molecule has 0 radical (unpaired) electrons. The van der Waals surface area contributed by atoms with Gasteiger partial charge in [0.25, 0.3) is 11.8 Å². The minimum Gasteiger partial charge on any atom is -0.480 e. The topological polar surface area (TPSA) is 119 Å². The van der Waals surface area contributed by atoms with Crippen molar-refractivity contribution in [3.05, 3.63) is 59.7 Å². The zero-order valence-corrected chi connectivity index (χ0v) is 18.4. The number of hydrogen-bond donors (Lipinski definition) is 2. The van der Waals surface area contributed by atoms with E-state index in [2.05, 4.69) is 17.2 Å². The van der Waals surface area contributed by atoms with Gasteiger partial charge < -0.3 is 15.8 Å². The van der Waals surface area contributed by atoms with Gasteiger partial charge in [-0.2, -0.15) is 4.31 Å². The molecule has 0 saturated carbocycles. The van der Waals surface area contributed by atoms with Crippen LogP contribution < -0.4 is 15.8 Å². The van der Waals surface area contributed by atoms with Crippen molar-refractivity contribution in [2.24, 2.45) is 5.73 Å². The number of primary amides is 1. The van der Waals surface area contributed by atoms with E-state index in [1.54, 1.807) is 24.3 Å². The van der Waals surface area contributed by atoms with Gasteiger partial charge in [0.05, 0.1) is 17.0 Å². The summed E-state index contributed by atoms with van der Waals surface area (Å²) in [4.78, 5) is 23.8. The molecule has 1 aliphatic rings. The lowest BCUT2D eigenvalue weighted by molar-refractivity contribution is 0.0956. The molecule has 9 heteroatoms. The number of sulfonamides is 1. The molecule has 2 aromatic rings. The minimum absolute atomic E-state index is 0.0310. The van der Waals surface area contributed by atoms with Crippen LogP contribution in [0.3, 0.4) is 0 Å². The fourth-order valence-electron chi connectivity index (χ4n) is 3.28. The van der Waals surface area contributed by atoms with Crippen molar-refractivity contribution in [3.8, 4) is 17.6 Å². The molecule has 0 bridgehead atoms. The van der Waals surface area contributed by atoms with Gasteiger partial charge in [-0.3, -0.25) is 9.59 Å². The number of nitrogens with two attached hydrogens (primary N) is 1. The molecule has 32 heavy (non-hydrogen) atoms. The average Bonchev–Trinajstić information content (AvgIpc) is 2.82. The number of amides is 2. The van der Waals surface area contributed by atoms with E-state index >= 15 is 0 Å². The Morgan fingerprint density at radius 3 is 2.38 bits per heavy atom. The third kappa shape index (κ3) is 5.87. The van der Waals surface area contributed by atoms with Gasteiger partial charge in [-0.1, -0.05) is 30.4 Å². The predicted molar refractivity (Wildman–Crippen MR) is 120 cm³/mol. The van der Waals surface area contributed by atoms with Crippen LogP contribution in [0.15, 0.2) is 53.4 Å². The van der Waals surface area contributed by atoms with Crippen LogP contribution in [0.5, 0.6) is 5.75 Å². The molecule has 2 aromatic carbocycles. The number of carbonyl (C=O) groups excluding carboxylic acids is 2. The van der Waals surface area contributed by atoms with Crippen LogP contribution in [0.4, 0.5) is 0 Å². The monoisotopic (exact) mass is 455 g/mol. The summed E-state index contributed by atoms with van der Waals surface area (Å²) in [5.74, 6) is 4.90. The molecule has 1 saturated heterocycles. The molecular weight excluding hydrogens is 430 g/mol. The number of para-hydroxylation sites is 1. The van der Waals surface area contributed by atoms with Crippen molar-refractivity contribution in [3.63, 3.8) is 0 Å². The molecule has 0 unspecified atom stereocenters. The van der Waals surface area contributed by atoms with Crippen molar-refractivity contribution in [2.75, 3.05) is 26.2 Å². The van der Waals surface area contributed by atoms with Crippen molar-refractivity contribution in [2.45, 2.75) is 24.2 Å². The standard InChI is InChI=1S/C23H25N3O5S/c24-22(27)20-8-2-3-9-21(20)31-17-7-4-14-25-23(28)18-10-12-19(13-11-18)32(29,30)26-15-5-1-6-16-26/h2-3,8-13H,1,5-6,14-17H2,(H2,24,27)(H,25,28). The minimum atomic E-state index is -3.53. The van der Waals surface area contributed by atoms with E-state index in [0.29, 0.717) is 24.4 Å². The Bertz CT molecular complexity index is 1130. The van der Waals surface area contributed by atoms with Gasteiger partial charge in [0.15, 0.2) is 0 Å². The maximum Gasteiger partial charge on any atom is 0.252 e. The van der Waals surface area contributed by atoms with Crippen LogP contribution in [-0.4, -0.2) is 50.8 Å². The Hall–Kier alpha value is -3.35. The zero-order valence-electron chi connectivity index (χ0n) is 17.5. The Morgan fingerprint density at radius 2 is 1.69 bits per heavy atom. The number of piperidine rings is 1. The molecule has 2 amide bonds. The maximum atomic E-state index is 12.7. The highest BCUT2D eigenvalue weighted by atomic mass is 32.2. The highest BCUT2D eigenvalue weighted by Crippen LogP contribution is 2.21. The number of nitrogens with zero attached hydrogens (tertiary/aromatic N) is 1. The van der Waals surface area contributed by atoms with E-state index in [4.69, 9.17) is 10.5 Å². The highest BCUT2D eigenvalue weighted by Gasteiger charge is 2.25. The molecule has 3 N–H and O–H groups in total. The van der Waals surface area contributed by atoms with Gasteiger partial charge in [-0.25, -0.2) is 8.42 Å². The largest absolute Gasteiger partial charge is 0.480 e. The van der Waals surface area contributed by atoms with Gasteiger partial charge >= 0.3 is 0 Å². The number of carbonyl (C=O) groups is 2. The highest BCUT2D eigenvalue weighted by molar-refractivity contribution is 7.89. The summed E-state index contributed by atoms with van der Waals surface area (Å²) in [6.45, 7) is 1.18. The van der Waals surface area contributed by atoms with Gasteiger partial charge in [-0.05, 0) is 49.2 Å². The smallest absolute Gasteiger partial charge is 0.252 e. The van der Waals surface area contributed by atoms with Crippen molar-refractivity contribution in [1.82, 2.24) is 9.62 Å². The summed E-state index contributed by atoms with van der Waals surface area (Å²) in [5, 5.41) is 2.65. The fraction of sp³-hybridized carbons (Fsp3) is 0.304. The van der Waals surface area contributed by atoms with Crippen molar-refractivity contribution >= 4 is 21.8 Å². The maximum absolute atomic E-state index is 12.7. The number of rotatable bonds is 7. The molecule has 0 aromatic heterocycles. The van der Waals surface area contributed by atoms with Gasteiger partial charge in [-0.15, -0.1) is 0 Å². The first-order valence-corrected chi connectivity index (χ1v) is 11.7. The molecule has 1 heterocycles. The quantitative estimate of drug-likeness (QED) is 0.617. The predicted octanol–water partition coefficient (Wildman–Crippen LogP) is 1.77. The first-order chi connectivity index (χ1) is 15.4. The van der Waals surface area contributed by atoms with Gasteiger partial charge in [0, 0.05) is 18.7 Å². The van der Waals surface area contributed by atoms with Crippen LogP contribution in [0.25, 0.3) is 0 Å². The number of ether oxygens (including phenoxy) is 1. The molecule has 0 aliphatic carbocycles. The number of benzene rings is 2. The van der Waals surface area contributed by atoms with E-state index < -0.39 is 15.9 Å². The first kappa shape index (κ1) is 23.3. The van der Waals surface area contributed by atoms with E-state index in [1.807, 2.05) is 0 Å². The second-order valence-corrected chi connectivity index (χ2v) is 9.11. The molecule has 8 nitrogen and oxygen atoms in total. The summed E-state index contributed by atoms with van der Waals surface area (Å²) in [6.07, 6.45) is 2.77. The fourth-order valence-corrected chi connectivity index (χ4v) is 4.80. The lowest BCUT2D eigenvalue weighted by Crippen LogP contribution is -2.35. The van der Waals surface area contributed by atoms with Crippen LogP contribution >= 0.6 is 0 Å². The van der Waals surface area contributed by atoms with E-state index in [0.717, 1.165) is 19.3 Å². The Kier molecular flexibility index (Phi) is 7.87. The van der Waals surface area contributed by atoms with Crippen molar-refractivity contribution < 1.29 is 22.7 Å². The summed E-state index contributed by atoms with van der Waals surface area (Å²) < 4.78 is 32.3. The van der Waals surface area contributed by atoms with Crippen LogP contribution in [-0.2, 0) is 10.0 Å². The third-order valence-corrected chi connectivity index (χ3v) is 6.90. The molecule has 168 valence electrons. The normalized spacial score (nSPS) is 14.1. The van der Waals surface area contributed by atoms with E-state index in [1.165, 1.54) is 28.6 Å². The third-order valence-electron chi connectivity index (χ3n) is 4.98. The SMILES string of the molecule is NC(=O)c1ccccc1OCC#CCNC(=O)c1ccc(S(=O)(=O)N2CCCCC2)cc1. The summed E-state index contributed by atoms with van der Waals surface area (Å²) in [5.41, 5.74) is 5.90. The van der Waals surface area contributed by atoms with Crippen LogP contribution in [0, 0.1) is 11.8 Å². The van der Waals surface area contributed by atoms with Crippen LogP contribution in [0.1, 0.15) is 40.0 Å². The van der Waals surface area contributed by atoms with Gasteiger partial charge in [0.1, 0.15) is 12.4 Å². The second kappa shape index (κ2) is 10.8. The molecule has 1 fully saturated rings. The molecule has 3 rings (SSSR count). The van der Waals surface area contributed by atoms with Gasteiger partial charge in [0.2, 0.25) is 10.0 Å². The zero-order chi connectivity index (χ0) is 23.0. The second-order valence-electron chi connectivity index (χ2n) is 7.17. The number of hydrogen-bond acceptors (Lipinski definition) is 5. The Morgan fingerprint density at radius 1 is 1.00 bits per heavy atom.